The van der Waals surface area contributed by atoms with Gasteiger partial charge in [0.2, 0.25) is 5.43 Å². The van der Waals surface area contributed by atoms with Crippen LogP contribution in [0.2, 0.25) is 0 Å². The molecule has 0 radical (unpaired) electrons. The first-order chi connectivity index (χ1) is 10.9. The molecule has 0 aliphatic heterocycles. The molecule has 0 fully saturated rings. The standard InChI is InChI=1S/C21H24O2/c1-7-15-11(3)9-10-17-19(22)18-13(5)12(4)16(8-2)14(6)20(18)23-21(15)17/h9-10H,7-8H2,1-6H3. The van der Waals surface area contributed by atoms with Gasteiger partial charge in [0.1, 0.15) is 11.2 Å². The number of hydrogen-bond donors (Lipinski definition) is 0. The average molecular weight is 308 g/mol. The van der Waals surface area contributed by atoms with E-state index in [4.69, 9.17) is 4.42 Å². The molecule has 0 aliphatic carbocycles. The SMILES string of the molecule is CCc1c(C)c(C)c2c(=O)c3ccc(C)c(CC)c3oc2c1C. The highest BCUT2D eigenvalue weighted by molar-refractivity contribution is 5.95. The molecule has 0 saturated carbocycles. The largest absolute Gasteiger partial charge is 0.455 e. The Bertz CT molecular complexity index is 991. The Labute approximate surface area is 137 Å². The zero-order chi connectivity index (χ0) is 16.9. The van der Waals surface area contributed by atoms with Gasteiger partial charge in [-0.1, -0.05) is 19.9 Å². The first kappa shape index (κ1) is 15.8. The first-order valence-corrected chi connectivity index (χ1v) is 8.39. The molecule has 0 spiro atoms. The molecule has 3 aromatic rings. The zero-order valence-corrected chi connectivity index (χ0v) is 14.9. The summed E-state index contributed by atoms with van der Waals surface area (Å²) in [5, 5.41) is 1.45. The minimum Gasteiger partial charge on any atom is -0.455 e. The van der Waals surface area contributed by atoms with Gasteiger partial charge in [0.15, 0.2) is 0 Å². The smallest absolute Gasteiger partial charge is 0.200 e. The van der Waals surface area contributed by atoms with E-state index in [9.17, 15) is 4.79 Å². The molecule has 0 aliphatic rings. The van der Waals surface area contributed by atoms with Gasteiger partial charge in [-0.2, -0.15) is 0 Å². The number of fused-ring (bicyclic) bond motifs is 2. The predicted octanol–water partition coefficient (Wildman–Crippen LogP) is 5.30. The summed E-state index contributed by atoms with van der Waals surface area (Å²) in [4.78, 5) is 13.1. The highest BCUT2D eigenvalue weighted by atomic mass is 16.3. The van der Waals surface area contributed by atoms with Crippen molar-refractivity contribution in [1.29, 1.82) is 0 Å². The molecule has 0 amide bonds. The number of hydrogen-bond acceptors (Lipinski definition) is 2. The van der Waals surface area contributed by atoms with Gasteiger partial charge >= 0.3 is 0 Å². The molecule has 0 atom stereocenters. The Morgan fingerprint density at radius 1 is 0.826 bits per heavy atom. The molecule has 1 heterocycles. The van der Waals surface area contributed by atoms with E-state index in [0.29, 0.717) is 5.39 Å². The highest BCUT2D eigenvalue weighted by Crippen LogP contribution is 2.32. The summed E-state index contributed by atoms with van der Waals surface area (Å²) in [6.07, 6.45) is 1.81. The maximum atomic E-state index is 13.1. The van der Waals surface area contributed by atoms with Gasteiger partial charge < -0.3 is 4.42 Å². The third-order valence-electron chi connectivity index (χ3n) is 5.29. The van der Waals surface area contributed by atoms with E-state index in [0.717, 1.165) is 46.1 Å². The fraction of sp³-hybridized carbons (Fsp3) is 0.381. The first-order valence-electron chi connectivity index (χ1n) is 8.39. The molecule has 0 bridgehead atoms. The molecule has 23 heavy (non-hydrogen) atoms. The van der Waals surface area contributed by atoms with Gasteiger partial charge in [0, 0.05) is 0 Å². The summed E-state index contributed by atoms with van der Waals surface area (Å²) in [5.74, 6) is 0. The van der Waals surface area contributed by atoms with Crippen molar-refractivity contribution < 1.29 is 4.42 Å². The molecular formula is C21H24O2. The van der Waals surface area contributed by atoms with Gasteiger partial charge in [0.25, 0.3) is 0 Å². The highest BCUT2D eigenvalue weighted by Gasteiger charge is 2.18. The second kappa shape index (κ2) is 5.52. The Morgan fingerprint density at radius 2 is 1.48 bits per heavy atom. The average Bonchev–Trinajstić information content (AvgIpc) is 2.53. The van der Waals surface area contributed by atoms with Crippen LogP contribution in [0.3, 0.4) is 0 Å². The van der Waals surface area contributed by atoms with Crippen molar-refractivity contribution in [2.45, 2.75) is 54.4 Å². The topological polar surface area (TPSA) is 30.2 Å². The Kier molecular flexibility index (Phi) is 3.79. The van der Waals surface area contributed by atoms with E-state index in [1.54, 1.807) is 0 Å². The van der Waals surface area contributed by atoms with Gasteiger partial charge in [-0.15, -0.1) is 0 Å². The summed E-state index contributed by atoms with van der Waals surface area (Å²) < 4.78 is 6.34. The second-order valence-corrected chi connectivity index (χ2v) is 6.43. The summed E-state index contributed by atoms with van der Waals surface area (Å²) in [6.45, 7) is 12.6. The van der Waals surface area contributed by atoms with Crippen LogP contribution in [0.4, 0.5) is 0 Å². The zero-order valence-electron chi connectivity index (χ0n) is 14.9. The third-order valence-corrected chi connectivity index (χ3v) is 5.29. The predicted molar refractivity (Wildman–Crippen MR) is 97.7 cm³/mol. The van der Waals surface area contributed by atoms with Crippen LogP contribution in [0.5, 0.6) is 0 Å². The fourth-order valence-electron chi connectivity index (χ4n) is 3.82. The van der Waals surface area contributed by atoms with Gasteiger partial charge in [-0.3, -0.25) is 4.79 Å². The number of rotatable bonds is 2. The van der Waals surface area contributed by atoms with Crippen molar-refractivity contribution in [1.82, 2.24) is 0 Å². The molecule has 120 valence electrons. The molecule has 0 saturated heterocycles. The minimum atomic E-state index is 0.0994. The van der Waals surface area contributed by atoms with Crippen LogP contribution in [-0.4, -0.2) is 0 Å². The van der Waals surface area contributed by atoms with Crippen LogP contribution in [0.15, 0.2) is 21.3 Å². The van der Waals surface area contributed by atoms with Gasteiger partial charge in [-0.05, 0) is 80.0 Å². The monoisotopic (exact) mass is 308 g/mol. The number of benzene rings is 2. The minimum absolute atomic E-state index is 0.0994. The Morgan fingerprint density at radius 3 is 2.09 bits per heavy atom. The summed E-state index contributed by atoms with van der Waals surface area (Å²) in [6, 6.07) is 3.94. The van der Waals surface area contributed by atoms with E-state index < -0.39 is 0 Å². The fourth-order valence-corrected chi connectivity index (χ4v) is 3.82. The van der Waals surface area contributed by atoms with E-state index in [2.05, 4.69) is 34.6 Å². The van der Waals surface area contributed by atoms with Crippen LogP contribution >= 0.6 is 0 Å². The van der Waals surface area contributed by atoms with Crippen LogP contribution < -0.4 is 5.43 Å². The van der Waals surface area contributed by atoms with Crippen molar-refractivity contribution >= 4 is 21.9 Å². The summed E-state index contributed by atoms with van der Waals surface area (Å²) in [7, 11) is 0. The lowest BCUT2D eigenvalue weighted by Crippen LogP contribution is -2.09. The third kappa shape index (κ3) is 2.12. The van der Waals surface area contributed by atoms with E-state index in [-0.39, 0.29) is 5.43 Å². The molecule has 0 unspecified atom stereocenters. The molecule has 2 nitrogen and oxygen atoms in total. The molecule has 2 heteroatoms. The lowest BCUT2D eigenvalue weighted by atomic mass is 9.91. The van der Waals surface area contributed by atoms with Crippen molar-refractivity contribution in [2.75, 3.05) is 0 Å². The van der Waals surface area contributed by atoms with Crippen molar-refractivity contribution in [3.8, 4) is 0 Å². The van der Waals surface area contributed by atoms with Gasteiger partial charge in [-0.25, -0.2) is 0 Å². The van der Waals surface area contributed by atoms with E-state index >= 15 is 0 Å². The van der Waals surface area contributed by atoms with Gasteiger partial charge in [0.05, 0.1) is 10.8 Å². The number of aryl methyl sites for hydroxylation is 4. The van der Waals surface area contributed by atoms with Crippen molar-refractivity contribution in [3.63, 3.8) is 0 Å². The quantitative estimate of drug-likeness (QED) is 0.601. The maximum Gasteiger partial charge on any atom is 0.200 e. The molecule has 2 aromatic carbocycles. The molecule has 0 N–H and O–H groups in total. The molecule has 3 rings (SSSR count). The maximum absolute atomic E-state index is 13.1. The Hall–Kier alpha value is -2.09. The van der Waals surface area contributed by atoms with Crippen LogP contribution in [0, 0.1) is 27.7 Å². The molecular weight excluding hydrogens is 284 g/mol. The normalized spacial score (nSPS) is 11.6. The van der Waals surface area contributed by atoms with Crippen molar-refractivity contribution in [2.24, 2.45) is 0 Å². The Balaban J connectivity index is 2.65. The van der Waals surface area contributed by atoms with Crippen LogP contribution in [0.25, 0.3) is 21.9 Å². The lowest BCUT2D eigenvalue weighted by Gasteiger charge is -2.16. The van der Waals surface area contributed by atoms with Crippen LogP contribution in [-0.2, 0) is 12.8 Å². The lowest BCUT2D eigenvalue weighted by molar-refractivity contribution is 0.649. The van der Waals surface area contributed by atoms with Crippen molar-refractivity contribution in [3.05, 3.63) is 55.7 Å². The van der Waals surface area contributed by atoms with Crippen LogP contribution in [0.1, 0.15) is 47.2 Å². The second-order valence-electron chi connectivity index (χ2n) is 6.43. The van der Waals surface area contributed by atoms with E-state index in [1.165, 1.54) is 16.7 Å². The summed E-state index contributed by atoms with van der Waals surface area (Å²) in [5.41, 5.74) is 8.61. The van der Waals surface area contributed by atoms with E-state index in [1.807, 2.05) is 19.1 Å². The molecule has 1 aromatic heterocycles. The summed E-state index contributed by atoms with van der Waals surface area (Å²) >= 11 is 0.